The molecule has 0 amide bonds. The number of rotatable bonds is 4. The van der Waals surface area contributed by atoms with Crippen molar-refractivity contribution in [3.63, 3.8) is 0 Å². The smallest absolute Gasteiger partial charge is 0.194 e. The van der Waals surface area contributed by atoms with E-state index in [2.05, 4.69) is 15.3 Å². The lowest BCUT2D eigenvalue weighted by Crippen LogP contribution is -2.16. The van der Waals surface area contributed by atoms with Crippen molar-refractivity contribution >= 4 is 23.2 Å². The third-order valence-corrected chi connectivity index (χ3v) is 1.85. The molecular weight excluding hydrogens is 213 g/mol. The zero-order chi connectivity index (χ0) is 9.68. The average molecular weight is 222 g/mol. The van der Waals surface area contributed by atoms with Crippen LogP contribution in [0.15, 0.2) is 6.33 Å². The minimum Gasteiger partial charge on any atom is -0.486 e. The molecule has 6 heteroatoms. The van der Waals surface area contributed by atoms with Gasteiger partial charge in [-0.1, -0.05) is 23.2 Å². The van der Waals surface area contributed by atoms with E-state index in [1.165, 1.54) is 6.33 Å². The fourth-order valence-electron chi connectivity index (χ4n) is 0.707. The van der Waals surface area contributed by atoms with Crippen LogP contribution in [-0.4, -0.2) is 30.2 Å². The molecule has 1 rings (SSSR count). The molecule has 72 valence electrons. The number of nitrogens with one attached hydrogen (secondary N) is 1. The van der Waals surface area contributed by atoms with Gasteiger partial charge >= 0.3 is 0 Å². The van der Waals surface area contributed by atoms with E-state index in [4.69, 9.17) is 27.9 Å². The standard InChI is InChI=1S/C7H9Cl2N3O/c1-10-2-3-13-5-6(8)11-4-12-7(5)9/h4,10H,2-3H2,1H3. The van der Waals surface area contributed by atoms with Crippen molar-refractivity contribution in [1.29, 1.82) is 0 Å². The molecule has 0 aliphatic rings. The van der Waals surface area contributed by atoms with Gasteiger partial charge in [-0.05, 0) is 7.05 Å². The van der Waals surface area contributed by atoms with Crippen LogP contribution in [0.5, 0.6) is 5.75 Å². The third-order valence-electron chi connectivity index (χ3n) is 1.32. The first-order chi connectivity index (χ1) is 6.25. The lowest BCUT2D eigenvalue weighted by atomic mass is 10.6. The van der Waals surface area contributed by atoms with Crippen LogP contribution in [0.1, 0.15) is 0 Å². The molecule has 1 aromatic heterocycles. The normalized spacial score (nSPS) is 10.1. The second kappa shape index (κ2) is 5.21. The summed E-state index contributed by atoms with van der Waals surface area (Å²) < 4.78 is 5.26. The van der Waals surface area contributed by atoms with Crippen LogP contribution in [-0.2, 0) is 0 Å². The van der Waals surface area contributed by atoms with E-state index in [0.717, 1.165) is 0 Å². The summed E-state index contributed by atoms with van der Waals surface area (Å²) in [7, 11) is 1.83. The van der Waals surface area contributed by atoms with Gasteiger partial charge in [0, 0.05) is 6.54 Å². The molecule has 13 heavy (non-hydrogen) atoms. The van der Waals surface area contributed by atoms with E-state index in [1.807, 2.05) is 7.05 Å². The molecule has 1 aromatic rings. The Morgan fingerprint density at radius 3 is 2.54 bits per heavy atom. The Bertz CT molecular complexity index is 262. The van der Waals surface area contributed by atoms with Crippen molar-refractivity contribution in [2.24, 2.45) is 0 Å². The zero-order valence-electron chi connectivity index (χ0n) is 7.05. The SMILES string of the molecule is CNCCOc1c(Cl)ncnc1Cl. The number of ether oxygens (including phenoxy) is 1. The summed E-state index contributed by atoms with van der Waals surface area (Å²) in [6.45, 7) is 1.19. The Morgan fingerprint density at radius 1 is 1.38 bits per heavy atom. The topological polar surface area (TPSA) is 47.0 Å². The van der Waals surface area contributed by atoms with Crippen molar-refractivity contribution in [3.8, 4) is 5.75 Å². The molecule has 0 bridgehead atoms. The second-order valence-electron chi connectivity index (χ2n) is 2.24. The molecule has 0 aliphatic carbocycles. The Labute approximate surface area is 86.2 Å². The number of hydrogen-bond donors (Lipinski definition) is 1. The fraction of sp³-hybridized carbons (Fsp3) is 0.429. The van der Waals surface area contributed by atoms with E-state index in [-0.39, 0.29) is 10.3 Å². The van der Waals surface area contributed by atoms with Crippen LogP contribution in [0.3, 0.4) is 0 Å². The first-order valence-electron chi connectivity index (χ1n) is 3.69. The van der Waals surface area contributed by atoms with Crippen molar-refractivity contribution in [2.45, 2.75) is 0 Å². The van der Waals surface area contributed by atoms with Crippen LogP contribution >= 0.6 is 23.2 Å². The van der Waals surface area contributed by atoms with Crippen LogP contribution in [0.4, 0.5) is 0 Å². The molecular formula is C7H9Cl2N3O. The van der Waals surface area contributed by atoms with Crippen LogP contribution in [0, 0.1) is 0 Å². The van der Waals surface area contributed by atoms with Crippen LogP contribution in [0.25, 0.3) is 0 Å². The Kier molecular flexibility index (Phi) is 4.21. The van der Waals surface area contributed by atoms with E-state index < -0.39 is 0 Å². The van der Waals surface area contributed by atoms with E-state index >= 15 is 0 Å². The molecule has 0 atom stereocenters. The van der Waals surface area contributed by atoms with Crippen molar-refractivity contribution < 1.29 is 4.74 Å². The molecule has 0 radical (unpaired) electrons. The average Bonchev–Trinajstić information content (AvgIpc) is 2.10. The van der Waals surface area contributed by atoms with Gasteiger partial charge in [-0.25, -0.2) is 9.97 Å². The maximum absolute atomic E-state index is 5.73. The maximum Gasteiger partial charge on any atom is 0.194 e. The third kappa shape index (κ3) is 2.99. The van der Waals surface area contributed by atoms with Gasteiger partial charge in [0.15, 0.2) is 16.1 Å². The summed E-state index contributed by atoms with van der Waals surface area (Å²) in [5.41, 5.74) is 0. The molecule has 4 nitrogen and oxygen atoms in total. The minimum atomic E-state index is 0.233. The number of aromatic nitrogens is 2. The predicted molar refractivity (Wildman–Crippen MR) is 51.5 cm³/mol. The lowest BCUT2D eigenvalue weighted by molar-refractivity contribution is 0.316. The quantitative estimate of drug-likeness (QED) is 0.617. The van der Waals surface area contributed by atoms with Gasteiger partial charge < -0.3 is 10.1 Å². The summed E-state index contributed by atoms with van der Waals surface area (Å²) in [5, 5.41) is 3.39. The van der Waals surface area contributed by atoms with Gasteiger partial charge in [-0.3, -0.25) is 0 Å². The lowest BCUT2D eigenvalue weighted by Gasteiger charge is -2.07. The molecule has 0 aromatic carbocycles. The van der Waals surface area contributed by atoms with Crippen molar-refractivity contribution in [2.75, 3.05) is 20.2 Å². The van der Waals surface area contributed by atoms with Crippen LogP contribution < -0.4 is 10.1 Å². The minimum absolute atomic E-state index is 0.233. The Morgan fingerprint density at radius 2 is 2.00 bits per heavy atom. The van der Waals surface area contributed by atoms with Gasteiger partial charge in [0.2, 0.25) is 0 Å². The molecule has 0 saturated carbocycles. The predicted octanol–water partition coefficient (Wildman–Crippen LogP) is 1.38. The van der Waals surface area contributed by atoms with E-state index in [1.54, 1.807) is 0 Å². The number of likely N-dealkylation sites (N-methyl/N-ethyl adjacent to an activating group) is 1. The highest BCUT2D eigenvalue weighted by atomic mass is 35.5. The Balaban J connectivity index is 2.64. The summed E-state index contributed by atoms with van der Waals surface area (Å²) >= 11 is 11.5. The molecule has 0 unspecified atom stereocenters. The van der Waals surface area contributed by atoms with Gasteiger partial charge in [-0.15, -0.1) is 0 Å². The maximum atomic E-state index is 5.73. The van der Waals surface area contributed by atoms with Gasteiger partial charge in [-0.2, -0.15) is 0 Å². The highest BCUT2D eigenvalue weighted by molar-refractivity contribution is 6.35. The number of nitrogens with zero attached hydrogens (tertiary/aromatic N) is 2. The fourth-order valence-corrected chi connectivity index (χ4v) is 1.13. The highest BCUT2D eigenvalue weighted by Gasteiger charge is 2.08. The van der Waals surface area contributed by atoms with E-state index in [9.17, 15) is 0 Å². The monoisotopic (exact) mass is 221 g/mol. The summed E-state index contributed by atoms with van der Waals surface area (Å²) in [6.07, 6.45) is 1.29. The van der Waals surface area contributed by atoms with Crippen molar-refractivity contribution in [1.82, 2.24) is 15.3 Å². The van der Waals surface area contributed by atoms with Gasteiger partial charge in [0.1, 0.15) is 12.9 Å². The summed E-state index contributed by atoms with van der Waals surface area (Å²) in [4.78, 5) is 7.49. The molecule has 1 heterocycles. The number of hydrogen-bond acceptors (Lipinski definition) is 4. The van der Waals surface area contributed by atoms with Gasteiger partial charge in [0.25, 0.3) is 0 Å². The largest absolute Gasteiger partial charge is 0.486 e. The summed E-state index contributed by atoms with van der Waals surface area (Å²) in [5.74, 6) is 0.334. The number of halogens is 2. The molecule has 1 N–H and O–H groups in total. The molecule has 0 aliphatic heterocycles. The first-order valence-corrected chi connectivity index (χ1v) is 4.44. The molecule has 0 spiro atoms. The summed E-state index contributed by atoms with van der Waals surface area (Å²) in [6, 6.07) is 0. The van der Waals surface area contributed by atoms with Crippen LogP contribution in [0.2, 0.25) is 10.3 Å². The highest BCUT2D eigenvalue weighted by Crippen LogP contribution is 2.27. The van der Waals surface area contributed by atoms with E-state index in [0.29, 0.717) is 18.9 Å². The second-order valence-corrected chi connectivity index (χ2v) is 2.95. The van der Waals surface area contributed by atoms with Gasteiger partial charge in [0.05, 0.1) is 0 Å². The molecule has 0 saturated heterocycles. The van der Waals surface area contributed by atoms with Crippen molar-refractivity contribution in [3.05, 3.63) is 16.6 Å². The first kappa shape index (κ1) is 10.5. The molecule has 0 fully saturated rings. The zero-order valence-corrected chi connectivity index (χ0v) is 8.56. The Hall–Kier alpha value is -0.580.